The fourth-order valence-electron chi connectivity index (χ4n) is 6.00. The molecule has 0 unspecified atom stereocenters. The van der Waals surface area contributed by atoms with Crippen LogP contribution < -0.4 is 5.32 Å². The predicted octanol–water partition coefficient (Wildman–Crippen LogP) is 6.15. The van der Waals surface area contributed by atoms with Gasteiger partial charge in [-0.2, -0.15) is 0 Å². The number of halogens is 2. The normalized spacial score (nSPS) is 33.1. The molecule has 132 valence electrons. The number of hydrogen-bond donors (Lipinski definition) is 1. The molecule has 4 saturated carbocycles. The van der Waals surface area contributed by atoms with Gasteiger partial charge in [0.15, 0.2) is 5.13 Å². The average Bonchev–Trinajstić information content (AvgIpc) is 2.92. The van der Waals surface area contributed by atoms with Crippen LogP contribution in [0.2, 0.25) is 10.0 Å². The van der Waals surface area contributed by atoms with Gasteiger partial charge >= 0.3 is 0 Å². The van der Waals surface area contributed by atoms with Gasteiger partial charge in [-0.1, -0.05) is 34.5 Å². The van der Waals surface area contributed by atoms with Crippen molar-refractivity contribution in [1.82, 2.24) is 4.98 Å². The van der Waals surface area contributed by atoms with Gasteiger partial charge in [-0.3, -0.25) is 4.79 Å². The van der Waals surface area contributed by atoms with Crippen molar-refractivity contribution in [3.8, 4) is 0 Å². The van der Waals surface area contributed by atoms with Crippen LogP contribution in [0.4, 0.5) is 5.13 Å². The first kappa shape index (κ1) is 16.3. The van der Waals surface area contributed by atoms with E-state index in [1.54, 1.807) is 6.07 Å². The maximum absolute atomic E-state index is 12.7. The maximum atomic E-state index is 12.7. The first-order valence-corrected chi connectivity index (χ1v) is 10.6. The zero-order valence-corrected chi connectivity index (χ0v) is 16.2. The Morgan fingerprint density at radius 1 is 1.16 bits per heavy atom. The fourth-order valence-corrected chi connectivity index (χ4v) is 7.31. The number of carbonyl (C=O) groups excluding carboxylic acids is 1. The van der Waals surface area contributed by atoms with Gasteiger partial charge in [0.05, 0.1) is 14.7 Å². The molecule has 4 bridgehead atoms. The van der Waals surface area contributed by atoms with E-state index in [2.05, 4.69) is 10.3 Å². The van der Waals surface area contributed by atoms with Gasteiger partial charge in [-0.05, 0) is 73.8 Å². The summed E-state index contributed by atoms with van der Waals surface area (Å²) in [7, 11) is 0. The van der Waals surface area contributed by atoms with Crippen LogP contribution in [0.15, 0.2) is 12.1 Å². The summed E-state index contributed by atoms with van der Waals surface area (Å²) < 4.78 is 0.944. The zero-order valence-electron chi connectivity index (χ0n) is 13.9. The van der Waals surface area contributed by atoms with Crippen molar-refractivity contribution >= 4 is 55.8 Å². The van der Waals surface area contributed by atoms with E-state index in [0.717, 1.165) is 22.5 Å². The first-order valence-electron chi connectivity index (χ1n) is 9.04. The number of nitrogens with zero attached hydrogens (tertiary/aromatic N) is 1. The van der Waals surface area contributed by atoms with E-state index in [-0.39, 0.29) is 11.3 Å². The summed E-state index contributed by atoms with van der Waals surface area (Å²) in [5.74, 6) is 2.69. The quantitative estimate of drug-likeness (QED) is 0.677. The summed E-state index contributed by atoms with van der Waals surface area (Å²) in [6.07, 6.45) is 8.57. The summed E-state index contributed by atoms with van der Waals surface area (Å²) in [4.78, 5) is 17.2. The van der Waals surface area contributed by atoms with E-state index < -0.39 is 0 Å². The van der Waals surface area contributed by atoms with Crippen molar-refractivity contribution in [1.29, 1.82) is 0 Å². The zero-order chi connectivity index (χ0) is 17.2. The third-order valence-electron chi connectivity index (χ3n) is 6.40. The largest absolute Gasteiger partial charge is 0.302 e. The Bertz CT molecular complexity index is 827. The maximum Gasteiger partial charge on any atom is 0.226 e. The van der Waals surface area contributed by atoms with Crippen molar-refractivity contribution < 1.29 is 4.79 Å². The van der Waals surface area contributed by atoms with E-state index in [4.69, 9.17) is 23.2 Å². The van der Waals surface area contributed by atoms with E-state index in [0.29, 0.717) is 27.1 Å². The standard InChI is InChI=1S/C19H20Cl2N2OS/c20-13-1-2-14-17(16(13)21)23-18(25-14)22-15(24)9-19-6-10-3-11(7-19)5-12(4-10)8-19/h1-2,10-12H,3-9H2,(H,22,23,24). The highest BCUT2D eigenvalue weighted by Gasteiger charge is 2.51. The third kappa shape index (κ3) is 2.87. The molecule has 25 heavy (non-hydrogen) atoms. The molecule has 2 aromatic rings. The molecule has 1 heterocycles. The lowest BCUT2D eigenvalue weighted by molar-refractivity contribution is -0.124. The Hall–Kier alpha value is -0.840. The highest BCUT2D eigenvalue weighted by Crippen LogP contribution is 2.61. The number of fused-ring (bicyclic) bond motifs is 1. The molecular weight excluding hydrogens is 375 g/mol. The molecule has 0 saturated heterocycles. The number of carbonyl (C=O) groups is 1. The summed E-state index contributed by atoms with van der Waals surface area (Å²) in [6, 6.07) is 3.67. The van der Waals surface area contributed by atoms with Crippen molar-refractivity contribution in [3.05, 3.63) is 22.2 Å². The summed E-state index contributed by atoms with van der Waals surface area (Å²) >= 11 is 13.7. The lowest BCUT2D eigenvalue weighted by atomic mass is 9.49. The van der Waals surface area contributed by atoms with Crippen LogP contribution in [0.3, 0.4) is 0 Å². The van der Waals surface area contributed by atoms with Gasteiger partial charge in [0, 0.05) is 6.42 Å². The molecule has 4 aliphatic rings. The van der Waals surface area contributed by atoms with Crippen LogP contribution in [0.1, 0.15) is 44.9 Å². The second kappa shape index (κ2) is 5.83. The molecule has 6 heteroatoms. The second-order valence-corrected chi connectivity index (χ2v) is 10.2. The van der Waals surface area contributed by atoms with Crippen LogP contribution in [0.25, 0.3) is 10.2 Å². The lowest BCUT2D eigenvalue weighted by Gasteiger charge is -2.56. The van der Waals surface area contributed by atoms with E-state index >= 15 is 0 Å². The number of amides is 1. The Balaban J connectivity index is 1.33. The summed E-state index contributed by atoms with van der Waals surface area (Å²) in [5.41, 5.74) is 0.917. The average molecular weight is 395 g/mol. The highest BCUT2D eigenvalue weighted by molar-refractivity contribution is 7.22. The number of aromatic nitrogens is 1. The smallest absolute Gasteiger partial charge is 0.226 e. The Morgan fingerprint density at radius 3 is 2.44 bits per heavy atom. The third-order valence-corrected chi connectivity index (χ3v) is 8.13. The number of benzene rings is 1. The minimum Gasteiger partial charge on any atom is -0.302 e. The highest BCUT2D eigenvalue weighted by atomic mass is 35.5. The Kier molecular flexibility index (Phi) is 3.81. The van der Waals surface area contributed by atoms with Crippen molar-refractivity contribution in [2.24, 2.45) is 23.2 Å². The molecule has 0 radical (unpaired) electrons. The van der Waals surface area contributed by atoms with Crippen molar-refractivity contribution in [2.75, 3.05) is 5.32 Å². The minimum absolute atomic E-state index is 0.100. The Labute approximate surface area is 161 Å². The van der Waals surface area contributed by atoms with Gasteiger partial charge in [0.25, 0.3) is 0 Å². The molecule has 4 aliphatic carbocycles. The van der Waals surface area contributed by atoms with Crippen LogP contribution in [0.5, 0.6) is 0 Å². The number of nitrogens with one attached hydrogen (secondary N) is 1. The topological polar surface area (TPSA) is 42.0 Å². The first-order chi connectivity index (χ1) is 12.0. The van der Waals surface area contributed by atoms with Crippen LogP contribution >= 0.6 is 34.5 Å². The SMILES string of the molecule is O=C(CC12CC3CC(CC(C3)C1)C2)Nc1nc2c(Cl)c(Cl)ccc2s1. The summed E-state index contributed by atoms with van der Waals surface area (Å²) in [5, 5.41) is 4.59. The summed E-state index contributed by atoms with van der Waals surface area (Å²) in [6.45, 7) is 0. The van der Waals surface area contributed by atoms with Crippen LogP contribution in [0, 0.1) is 23.2 Å². The second-order valence-electron chi connectivity index (χ2n) is 8.37. The van der Waals surface area contributed by atoms with Gasteiger partial charge < -0.3 is 5.32 Å². The lowest BCUT2D eigenvalue weighted by Crippen LogP contribution is -2.47. The van der Waals surface area contributed by atoms with Gasteiger partial charge in [-0.15, -0.1) is 0 Å². The molecule has 6 rings (SSSR count). The van der Waals surface area contributed by atoms with Gasteiger partial charge in [0.2, 0.25) is 5.91 Å². The molecule has 1 aromatic heterocycles. The monoisotopic (exact) mass is 394 g/mol. The van der Waals surface area contributed by atoms with Crippen LogP contribution in [-0.4, -0.2) is 10.9 Å². The molecule has 0 atom stereocenters. The van der Waals surface area contributed by atoms with Gasteiger partial charge in [0.1, 0.15) is 5.52 Å². The molecule has 3 nitrogen and oxygen atoms in total. The molecule has 1 aromatic carbocycles. The van der Waals surface area contributed by atoms with E-state index in [1.165, 1.54) is 49.9 Å². The van der Waals surface area contributed by atoms with Crippen molar-refractivity contribution in [2.45, 2.75) is 44.9 Å². The molecule has 4 fully saturated rings. The minimum atomic E-state index is 0.100. The number of anilines is 1. The van der Waals surface area contributed by atoms with Crippen molar-refractivity contribution in [3.63, 3.8) is 0 Å². The molecule has 1 N–H and O–H groups in total. The molecular formula is C19H20Cl2N2OS. The Morgan fingerprint density at radius 2 is 1.80 bits per heavy atom. The number of hydrogen-bond acceptors (Lipinski definition) is 3. The molecule has 0 aliphatic heterocycles. The predicted molar refractivity (Wildman–Crippen MR) is 103 cm³/mol. The number of thiazole rings is 1. The van der Waals surface area contributed by atoms with E-state index in [1.807, 2.05) is 6.07 Å². The van der Waals surface area contributed by atoms with E-state index in [9.17, 15) is 4.79 Å². The molecule has 0 spiro atoms. The van der Waals surface area contributed by atoms with Crippen LogP contribution in [-0.2, 0) is 4.79 Å². The molecule has 1 amide bonds. The fraction of sp³-hybridized carbons (Fsp3) is 0.579. The van der Waals surface area contributed by atoms with Gasteiger partial charge in [-0.25, -0.2) is 4.98 Å². The number of rotatable bonds is 3.